The number of amides is 2. The highest BCUT2D eigenvalue weighted by Crippen LogP contribution is 2.30. The average molecular weight is 343 g/mol. The molecule has 1 aliphatic rings. The van der Waals surface area contributed by atoms with Crippen LogP contribution in [0.5, 0.6) is 0 Å². The van der Waals surface area contributed by atoms with Crippen LogP contribution in [0.3, 0.4) is 0 Å². The second-order valence-electron chi connectivity index (χ2n) is 5.89. The lowest BCUT2D eigenvalue weighted by atomic mass is 9.97. The Bertz CT molecular complexity index is 794. The van der Waals surface area contributed by atoms with Gasteiger partial charge in [0.05, 0.1) is 6.04 Å². The third kappa shape index (κ3) is 3.66. The first-order valence-corrected chi connectivity index (χ1v) is 7.83. The van der Waals surface area contributed by atoms with Gasteiger partial charge in [-0.2, -0.15) is 0 Å². The summed E-state index contributed by atoms with van der Waals surface area (Å²) in [4.78, 5) is 30.4. The van der Waals surface area contributed by atoms with E-state index in [9.17, 15) is 14.0 Å². The number of benzene rings is 1. The topological polar surface area (TPSA) is 71.5 Å². The Morgan fingerprint density at radius 1 is 1.28 bits per heavy atom. The van der Waals surface area contributed by atoms with Gasteiger partial charge in [0.2, 0.25) is 5.91 Å². The highest BCUT2D eigenvalue weighted by molar-refractivity contribution is 5.95. The molecule has 1 fully saturated rings. The van der Waals surface area contributed by atoms with Crippen LogP contribution >= 0.6 is 0 Å². The van der Waals surface area contributed by atoms with Gasteiger partial charge >= 0.3 is 0 Å². The van der Waals surface area contributed by atoms with Crippen molar-refractivity contribution in [2.75, 3.05) is 19.0 Å². The van der Waals surface area contributed by atoms with E-state index < -0.39 is 18.1 Å². The van der Waals surface area contributed by atoms with Crippen LogP contribution < -0.4 is 5.32 Å². The molecule has 2 amide bonds. The molecule has 0 bridgehead atoms. The Hall–Kier alpha value is -2.80. The molecule has 0 saturated carbocycles. The van der Waals surface area contributed by atoms with Gasteiger partial charge in [0.1, 0.15) is 18.2 Å². The number of aromatic nitrogens is 1. The van der Waals surface area contributed by atoms with Gasteiger partial charge < -0.3 is 15.0 Å². The van der Waals surface area contributed by atoms with Crippen molar-refractivity contribution >= 4 is 17.6 Å². The maximum atomic E-state index is 13.2. The molecule has 1 aromatic heterocycles. The molecule has 1 aliphatic heterocycles. The van der Waals surface area contributed by atoms with Crippen molar-refractivity contribution in [3.05, 3.63) is 59.5 Å². The van der Waals surface area contributed by atoms with Crippen LogP contribution in [-0.4, -0.2) is 41.5 Å². The number of nitrogens with one attached hydrogen (secondary N) is 1. The summed E-state index contributed by atoms with van der Waals surface area (Å²) < 4.78 is 18.7. The Morgan fingerprint density at radius 3 is 2.68 bits per heavy atom. The van der Waals surface area contributed by atoms with Gasteiger partial charge in [0.25, 0.3) is 5.91 Å². The maximum absolute atomic E-state index is 13.2. The number of rotatable bonds is 3. The fourth-order valence-electron chi connectivity index (χ4n) is 2.80. The first-order chi connectivity index (χ1) is 12.0. The average Bonchev–Trinajstić information content (AvgIpc) is 2.58. The van der Waals surface area contributed by atoms with Gasteiger partial charge in [0.15, 0.2) is 6.10 Å². The second-order valence-corrected chi connectivity index (χ2v) is 5.89. The Balaban J connectivity index is 1.87. The molecule has 130 valence electrons. The number of likely N-dealkylation sites (N-methyl/N-ethyl adjacent to an activating group) is 1. The fourth-order valence-corrected chi connectivity index (χ4v) is 2.80. The number of pyridine rings is 1. The summed E-state index contributed by atoms with van der Waals surface area (Å²) in [6, 6.07) is 10.3. The summed E-state index contributed by atoms with van der Waals surface area (Å²) in [6.07, 6.45) is -0.921. The molecule has 2 atom stereocenters. The van der Waals surface area contributed by atoms with Gasteiger partial charge in [-0.3, -0.25) is 9.59 Å². The smallest absolute Gasteiger partial charge is 0.257 e. The molecule has 6 nitrogen and oxygen atoms in total. The van der Waals surface area contributed by atoms with E-state index in [4.69, 9.17) is 4.74 Å². The lowest BCUT2D eigenvalue weighted by molar-refractivity contribution is -0.160. The van der Waals surface area contributed by atoms with Crippen molar-refractivity contribution < 1.29 is 18.7 Å². The number of anilines is 1. The molecule has 2 aromatic rings. The predicted molar refractivity (Wildman–Crippen MR) is 89.3 cm³/mol. The van der Waals surface area contributed by atoms with Crippen LogP contribution in [0.25, 0.3) is 0 Å². The largest absolute Gasteiger partial charge is 0.356 e. The molecule has 0 spiro atoms. The zero-order valence-electron chi connectivity index (χ0n) is 13.9. The van der Waals surface area contributed by atoms with Gasteiger partial charge in [-0.1, -0.05) is 18.2 Å². The quantitative estimate of drug-likeness (QED) is 0.926. The van der Waals surface area contributed by atoms with E-state index in [1.54, 1.807) is 31.3 Å². The first-order valence-electron chi connectivity index (χ1n) is 7.83. The highest BCUT2D eigenvalue weighted by Gasteiger charge is 2.40. The van der Waals surface area contributed by atoms with Crippen LogP contribution in [0.1, 0.15) is 17.3 Å². The summed E-state index contributed by atoms with van der Waals surface area (Å²) in [7, 11) is 1.60. The fraction of sp³-hybridized carbons (Fsp3) is 0.278. The standard InChI is InChI=1S/C18H18FN3O3/c1-11-4-3-5-14(20-11)21-18(24)17-16(22(2)15(23)10-25-17)12-6-8-13(19)9-7-12/h3-9,16-17H,10H2,1-2H3,(H,20,21,24). The SMILES string of the molecule is Cc1cccc(NC(=O)C2OCC(=O)N(C)C2c2ccc(F)cc2)n1. The third-order valence-corrected chi connectivity index (χ3v) is 4.09. The van der Waals surface area contributed by atoms with E-state index >= 15 is 0 Å². The van der Waals surface area contributed by atoms with Crippen molar-refractivity contribution in [2.24, 2.45) is 0 Å². The molecule has 25 heavy (non-hydrogen) atoms. The molecule has 2 heterocycles. The van der Waals surface area contributed by atoms with E-state index in [1.165, 1.54) is 17.0 Å². The van der Waals surface area contributed by atoms with Gasteiger partial charge in [-0.15, -0.1) is 0 Å². The van der Waals surface area contributed by atoms with Crippen LogP contribution in [0.15, 0.2) is 42.5 Å². The predicted octanol–water partition coefficient (Wildman–Crippen LogP) is 2.07. The number of halogens is 1. The third-order valence-electron chi connectivity index (χ3n) is 4.09. The van der Waals surface area contributed by atoms with Crippen LogP contribution in [-0.2, 0) is 14.3 Å². The number of carbonyl (C=O) groups is 2. The van der Waals surface area contributed by atoms with Gasteiger partial charge in [-0.25, -0.2) is 9.37 Å². The monoisotopic (exact) mass is 343 g/mol. The van der Waals surface area contributed by atoms with Crippen molar-refractivity contribution in [1.82, 2.24) is 9.88 Å². The van der Waals surface area contributed by atoms with E-state index in [0.717, 1.165) is 5.69 Å². The Labute approximate surface area is 144 Å². The summed E-state index contributed by atoms with van der Waals surface area (Å²) in [5.41, 5.74) is 1.39. The Kier molecular flexibility index (Phi) is 4.76. The first kappa shape index (κ1) is 17.0. The van der Waals surface area contributed by atoms with E-state index in [0.29, 0.717) is 11.4 Å². The molecule has 2 unspecified atom stereocenters. The van der Waals surface area contributed by atoms with Crippen LogP contribution in [0.2, 0.25) is 0 Å². The highest BCUT2D eigenvalue weighted by atomic mass is 19.1. The lowest BCUT2D eigenvalue weighted by Crippen LogP contribution is -2.51. The zero-order chi connectivity index (χ0) is 18.0. The molecule has 3 rings (SSSR count). The molecular weight excluding hydrogens is 325 g/mol. The minimum atomic E-state index is -0.921. The number of hydrogen-bond donors (Lipinski definition) is 1. The molecule has 1 N–H and O–H groups in total. The van der Waals surface area contributed by atoms with Crippen molar-refractivity contribution in [3.8, 4) is 0 Å². The van der Waals surface area contributed by atoms with Gasteiger partial charge in [0, 0.05) is 12.7 Å². The number of morpholine rings is 1. The molecule has 1 saturated heterocycles. The van der Waals surface area contributed by atoms with Crippen molar-refractivity contribution in [2.45, 2.75) is 19.1 Å². The molecule has 7 heteroatoms. The molecular formula is C18H18FN3O3. The van der Waals surface area contributed by atoms with E-state index in [-0.39, 0.29) is 18.3 Å². The van der Waals surface area contributed by atoms with Gasteiger partial charge in [-0.05, 0) is 36.8 Å². The maximum Gasteiger partial charge on any atom is 0.257 e. The summed E-state index contributed by atoms with van der Waals surface area (Å²) >= 11 is 0. The zero-order valence-corrected chi connectivity index (χ0v) is 13.9. The number of nitrogens with zero attached hydrogens (tertiary/aromatic N) is 2. The number of hydrogen-bond acceptors (Lipinski definition) is 4. The normalized spacial score (nSPS) is 20.4. The van der Waals surface area contributed by atoms with Crippen LogP contribution in [0, 0.1) is 12.7 Å². The van der Waals surface area contributed by atoms with E-state index in [1.807, 2.05) is 13.0 Å². The number of carbonyl (C=O) groups excluding carboxylic acids is 2. The minimum Gasteiger partial charge on any atom is -0.356 e. The molecule has 1 aromatic carbocycles. The molecule has 0 aliphatic carbocycles. The lowest BCUT2D eigenvalue weighted by Gasteiger charge is -2.38. The minimum absolute atomic E-state index is 0.187. The Morgan fingerprint density at radius 2 is 2.00 bits per heavy atom. The van der Waals surface area contributed by atoms with Crippen molar-refractivity contribution in [3.63, 3.8) is 0 Å². The summed E-state index contributed by atoms with van der Waals surface area (Å²) in [6.45, 7) is 1.63. The van der Waals surface area contributed by atoms with Crippen LogP contribution in [0.4, 0.5) is 10.2 Å². The summed E-state index contributed by atoms with van der Waals surface area (Å²) in [5, 5.41) is 2.71. The second kappa shape index (κ2) is 6.98. The van der Waals surface area contributed by atoms with E-state index in [2.05, 4.69) is 10.3 Å². The molecule has 0 radical (unpaired) electrons. The number of ether oxygens (including phenoxy) is 1. The summed E-state index contributed by atoms with van der Waals surface area (Å²) in [5.74, 6) is -0.635. The van der Waals surface area contributed by atoms with Crippen molar-refractivity contribution in [1.29, 1.82) is 0 Å². The number of aryl methyl sites for hydroxylation is 1.